The van der Waals surface area contributed by atoms with E-state index < -0.39 is 16.9 Å². The molecule has 0 rings (SSSR count). The second-order valence-corrected chi connectivity index (χ2v) is 12.3. The van der Waals surface area contributed by atoms with Gasteiger partial charge in [0.15, 0.2) is 8.32 Å². The molecule has 0 N–H and O–H groups in total. The molecule has 0 bridgehead atoms. The largest absolute Gasteiger partial charge is 0.495 e. The van der Waals surface area contributed by atoms with E-state index in [0.717, 1.165) is 0 Å². The fourth-order valence-electron chi connectivity index (χ4n) is 1.10. The monoisotopic (exact) mass is 206 g/mol. The fourth-order valence-corrected chi connectivity index (χ4v) is 7.86. The predicted molar refractivity (Wildman–Crippen MR) is 53.7 cm³/mol. The van der Waals surface area contributed by atoms with E-state index in [1.807, 2.05) is 13.1 Å². The zero-order valence-electron chi connectivity index (χ0n) is 8.72. The van der Waals surface area contributed by atoms with Crippen LogP contribution in [0.2, 0.25) is 32.7 Å². The van der Waals surface area contributed by atoms with E-state index in [2.05, 4.69) is 19.6 Å². The van der Waals surface area contributed by atoms with Crippen LogP contribution in [-0.2, 0) is 13.3 Å². The van der Waals surface area contributed by atoms with Gasteiger partial charge in [0.2, 0.25) is 0 Å². The molecule has 0 atom stereocenters. The molecule has 0 saturated carbocycles. The van der Waals surface area contributed by atoms with E-state index in [9.17, 15) is 4.79 Å². The molecule has 0 heterocycles. The van der Waals surface area contributed by atoms with Crippen molar-refractivity contribution in [3.05, 3.63) is 0 Å². The van der Waals surface area contributed by atoms with Gasteiger partial charge in [0.1, 0.15) is 0 Å². The van der Waals surface area contributed by atoms with Crippen molar-refractivity contribution in [1.82, 2.24) is 0 Å². The molecule has 0 aromatic heterocycles. The highest BCUT2D eigenvalue weighted by Gasteiger charge is 2.33. The summed E-state index contributed by atoms with van der Waals surface area (Å²) in [6, 6.07) is 0. The number of carbonyl (C=O) groups excluding carboxylic acids is 1. The molecule has 72 valence electrons. The molecule has 0 unspecified atom stereocenters. The maximum Gasteiger partial charge on any atom is 0.385 e. The molecule has 0 aliphatic heterocycles. The molecule has 12 heavy (non-hydrogen) atoms. The highest BCUT2D eigenvalue weighted by Crippen LogP contribution is 2.14. The van der Waals surface area contributed by atoms with Gasteiger partial charge < -0.3 is 8.54 Å². The van der Waals surface area contributed by atoms with Crippen molar-refractivity contribution in [2.75, 3.05) is 0 Å². The number of hydrogen-bond acceptors (Lipinski definition) is 3. The van der Waals surface area contributed by atoms with Crippen LogP contribution in [0.4, 0.5) is 0 Å². The van der Waals surface area contributed by atoms with Gasteiger partial charge in [-0.05, 0) is 32.7 Å². The van der Waals surface area contributed by atoms with Crippen LogP contribution in [-0.4, -0.2) is 22.8 Å². The summed E-state index contributed by atoms with van der Waals surface area (Å²) < 4.78 is 10.9. The minimum absolute atomic E-state index is 0.245. The average molecular weight is 206 g/mol. The highest BCUT2D eigenvalue weighted by molar-refractivity contribution is 6.81. The Morgan fingerprint density at radius 3 is 1.75 bits per heavy atom. The van der Waals surface area contributed by atoms with E-state index in [1.165, 1.54) is 6.92 Å². The SMILES string of the molecule is CC(=O)O[Si](C)(C)O[Si](C)(C)C. The molecule has 0 fully saturated rings. The van der Waals surface area contributed by atoms with Crippen molar-refractivity contribution in [3.63, 3.8) is 0 Å². The van der Waals surface area contributed by atoms with Crippen molar-refractivity contribution < 1.29 is 13.3 Å². The van der Waals surface area contributed by atoms with Crippen molar-refractivity contribution in [3.8, 4) is 0 Å². The molecule has 3 nitrogen and oxygen atoms in total. The molecule has 0 saturated heterocycles. The van der Waals surface area contributed by atoms with Gasteiger partial charge in [-0.1, -0.05) is 0 Å². The van der Waals surface area contributed by atoms with E-state index >= 15 is 0 Å². The predicted octanol–water partition coefficient (Wildman–Crippen LogP) is 2.10. The smallest absolute Gasteiger partial charge is 0.385 e. The lowest BCUT2D eigenvalue weighted by atomic mass is 10.9. The van der Waals surface area contributed by atoms with Crippen molar-refractivity contribution >= 4 is 22.8 Å². The van der Waals surface area contributed by atoms with Crippen molar-refractivity contribution in [2.45, 2.75) is 39.7 Å². The van der Waals surface area contributed by atoms with Crippen molar-refractivity contribution in [2.24, 2.45) is 0 Å². The van der Waals surface area contributed by atoms with Gasteiger partial charge in [-0.15, -0.1) is 0 Å². The summed E-state index contributed by atoms with van der Waals surface area (Å²) in [6.45, 7) is 11.5. The van der Waals surface area contributed by atoms with Crippen LogP contribution in [0.1, 0.15) is 6.92 Å². The van der Waals surface area contributed by atoms with Gasteiger partial charge in [-0.2, -0.15) is 0 Å². The first-order valence-electron chi connectivity index (χ1n) is 4.02. The Labute approximate surface area is 76.4 Å². The summed E-state index contributed by atoms with van der Waals surface area (Å²) in [6.07, 6.45) is 0. The Balaban J connectivity index is 4.13. The van der Waals surface area contributed by atoms with Gasteiger partial charge in [0.05, 0.1) is 0 Å². The number of carbonyl (C=O) groups is 1. The van der Waals surface area contributed by atoms with Crippen LogP contribution < -0.4 is 0 Å². The minimum atomic E-state index is -2.19. The Morgan fingerprint density at radius 1 is 1.08 bits per heavy atom. The molecule has 5 heteroatoms. The lowest BCUT2D eigenvalue weighted by molar-refractivity contribution is -0.133. The normalized spacial score (nSPS) is 12.8. The van der Waals surface area contributed by atoms with E-state index in [-0.39, 0.29) is 5.97 Å². The molecule has 0 aliphatic rings. The summed E-state index contributed by atoms with van der Waals surface area (Å²) in [7, 11) is -3.76. The van der Waals surface area contributed by atoms with Gasteiger partial charge in [-0.25, -0.2) is 0 Å². The molecule has 0 amide bonds. The quantitative estimate of drug-likeness (QED) is 0.663. The van der Waals surface area contributed by atoms with Gasteiger partial charge >= 0.3 is 8.56 Å². The molecule has 0 radical (unpaired) electrons. The topological polar surface area (TPSA) is 35.5 Å². The zero-order chi connectivity index (χ0) is 9.99. The van der Waals surface area contributed by atoms with Crippen LogP contribution in [0.5, 0.6) is 0 Å². The third-order valence-corrected chi connectivity index (χ3v) is 6.14. The number of hydrogen-bond donors (Lipinski definition) is 0. The summed E-state index contributed by atoms with van der Waals surface area (Å²) in [5.41, 5.74) is 0. The molecule has 0 aliphatic carbocycles. The van der Waals surface area contributed by atoms with Crippen LogP contribution >= 0.6 is 0 Å². The van der Waals surface area contributed by atoms with E-state index in [1.54, 1.807) is 0 Å². The summed E-state index contributed by atoms with van der Waals surface area (Å²) in [5.74, 6) is -0.245. The van der Waals surface area contributed by atoms with Gasteiger partial charge in [-0.3, -0.25) is 4.79 Å². The Kier molecular flexibility index (Phi) is 3.67. The van der Waals surface area contributed by atoms with Crippen LogP contribution in [0.15, 0.2) is 0 Å². The lowest BCUT2D eigenvalue weighted by Gasteiger charge is -2.29. The van der Waals surface area contributed by atoms with Gasteiger partial charge in [0, 0.05) is 6.92 Å². The fraction of sp³-hybridized carbons (Fsp3) is 0.857. The zero-order valence-corrected chi connectivity index (χ0v) is 10.7. The second-order valence-electron chi connectivity index (χ2n) is 4.21. The second kappa shape index (κ2) is 3.72. The first-order chi connectivity index (χ1) is 5.12. The Bertz CT molecular complexity index is 172. The van der Waals surface area contributed by atoms with E-state index in [0.29, 0.717) is 0 Å². The molecular formula is C7H18O3Si2. The van der Waals surface area contributed by atoms with Crippen LogP contribution in [0, 0.1) is 0 Å². The Hall–Kier alpha value is -0.136. The summed E-state index contributed by atoms with van der Waals surface area (Å²) in [5, 5.41) is 0. The molecular weight excluding hydrogens is 188 g/mol. The molecule has 0 aromatic carbocycles. The molecule has 0 spiro atoms. The Morgan fingerprint density at radius 2 is 1.50 bits per heavy atom. The summed E-state index contributed by atoms with van der Waals surface area (Å²) >= 11 is 0. The minimum Gasteiger partial charge on any atom is -0.495 e. The third kappa shape index (κ3) is 6.57. The highest BCUT2D eigenvalue weighted by atomic mass is 28.4. The van der Waals surface area contributed by atoms with Crippen LogP contribution in [0.3, 0.4) is 0 Å². The molecule has 0 aromatic rings. The maximum atomic E-state index is 10.7. The van der Waals surface area contributed by atoms with Crippen LogP contribution in [0.25, 0.3) is 0 Å². The van der Waals surface area contributed by atoms with E-state index in [4.69, 9.17) is 8.54 Å². The first-order valence-corrected chi connectivity index (χ1v) is 10.2. The third-order valence-electron chi connectivity index (χ3n) is 0.941. The summed E-state index contributed by atoms with van der Waals surface area (Å²) in [4.78, 5) is 10.7. The van der Waals surface area contributed by atoms with Gasteiger partial charge in [0.25, 0.3) is 5.97 Å². The van der Waals surface area contributed by atoms with Crippen molar-refractivity contribution in [1.29, 1.82) is 0 Å². The number of rotatable bonds is 3. The standard InChI is InChI=1S/C7H18O3Si2/c1-7(8)9-12(5,6)10-11(2,3)4/h1-6H3. The maximum absolute atomic E-state index is 10.7. The lowest BCUT2D eigenvalue weighted by Crippen LogP contribution is -2.45. The average Bonchev–Trinajstić information content (AvgIpc) is 1.48. The first kappa shape index (κ1) is 11.9.